The Morgan fingerprint density at radius 3 is 1.16 bits per heavy atom. The van der Waals surface area contributed by atoms with Crippen molar-refractivity contribution in [3.05, 3.63) is 0 Å². The maximum Gasteiger partial charge on any atom is 0.241 e. The average molecular weight is 500 g/mol. The van der Waals surface area contributed by atoms with Gasteiger partial charge >= 0.3 is 0 Å². The molecule has 0 heterocycles. The number of likely N-dealkylation sites (N-methyl/N-ethyl adjacent to an activating group) is 2. The van der Waals surface area contributed by atoms with E-state index >= 15 is 0 Å². The minimum atomic E-state index is 0. The molecule has 0 aromatic rings. The fraction of sp³-hybridized carbons (Fsp3) is 1.00. The summed E-state index contributed by atoms with van der Waals surface area (Å²) in [5.74, 6) is 0. The third-order valence-corrected chi connectivity index (χ3v) is 6.42. The molecule has 0 N–H and O–H groups in total. The monoisotopic (exact) mass is 498 g/mol. The molecular formula is C27H60Cl2N2O. The quantitative estimate of drug-likeness (QED) is 0.140. The third kappa shape index (κ3) is 19.9. The molecule has 0 bridgehead atoms. The lowest BCUT2D eigenvalue weighted by atomic mass is 10.0. The smallest absolute Gasteiger partial charge is 0.241 e. The summed E-state index contributed by atoms with van der Waals surface area (Å²) >= 11 is 0. The number of ether oxygens (including phenoxy) is 1. The van der Waals surface area contributed by atoms with Gasteiger partial charge in [0, 0.05) is 0 Å². The molecule has 0 rings (SSSR count). The van der Waals surface area contributed by atoms with Gasteiger partial charge in [-0.05, 0) is 20.3 Å². The molecule has 3 nitrogen and oxygen atoms in total. The number of nitrogens with zero attached hydrogens (tertiary/aromatic N) is 2. The van der Waals surface area contributed by atoms with Crippen LogP contribution in [-0.2, 0) is 4.74 Å². The van der Waals surface area contributed by atoms with Crippen molar-refractivity contribution in [2.75, 3.05) is 42.3 Å². The summed E-state index contributed by atoms with van der Waals surface area (Å²) in [6.07, 6.45) is 22.2. The Hall–Kier alpha value is 0.460. The van der Waals surface area contributed by atoms with Gasteiger partial charge in [-0.2, -0.15) is 0 Å². The molecule has 0 fully saturated rings. The van der Waals surface area contributed by atoms with E-state index in [1.807, 2.05) is 0 Å². The summed E-state index contributed by atoms with van der Waals surface area (Å²) in [6.45, 7) is 6.82. The lowest BCUT2D eigenvalue weighted by Gasteiger charge is -2.45. The Labute approximate surface area is 216 Å². The second-order valence-electron chi connectivity index (χ2n) is 11.7. The lowest BCUT2D eigenvalue weighted by Crippen LogP contribution is -3.00. The molecule has 2 unspecified atom stereocenters. The van der Waals surface area contributed by atoms with Gasteiger partial charge < -0.3 is 29.6 Å². The van der Waals surface area contributed by atoms with E-state index in [1.54, 1.807) is 0 Å². The van der Waals surface area contributed by atoms with E-state index < -0.39 is 0 Å². The minimum absolute atomic E-state index is 0. The van der Waals surface area contributed by atoms with Crippen molar-refractivity contribution in [1.29, 1.82) is 0 Å². The average Bonchev–Trinajstić information content (AvgIpc) is 2.59. The first-order valence-electron chi connectivity index (χ1n) is 13.3. The Balaban J connectivity index is -0.00000420. The molecule has 0 aromatic carbocycles. The van der Waals surface area contributed by atoms with Crippen LogP contribution in [0.5, 0.6) is 0 Å². The number of halogens is 2. The molecule has 0 saturated carbocycles. The highest BCUT2D eigenvalue weighted by Crippen LogP contribution is 2.21. The van der Waals surface area contributed by atoms with Crippen LogP contribution < -0.4 is 24.8 Å². The van der Waals surface area contributed by atoms with E-state index in [0.29, 0.717) is 12.3 Å². The summed E-state index contributed by atoms with van der Waals surface area (Å²) in [5.41, 5.74) is 0. The van der Waals surface area contributed by atoms with Crippen LogP contribution in [-0.4, -0.2) is 69.6 Å². The van der Waals surface area contributed by atoms with Gasteiger partial charge in [-0.1, -0.05) is 96.8 Å². The largest absolute Gasteiger partial charge is 1.00 e. The van der Waals surface area contributed by atoms with Crippen LogP contribution in [0.25, 0.3) is 0 Å². The molecule has 0 amide bonds. The molecule has 0 aliphatic carbocycles. The molecular weight excluding hydrogens is 439 g/mol. The molecule has 198 valence electrons. The molecule has 0 radical (unpaired) electrons. The van der Waals surface area contributed by atoms with E-state index in [4.69, 9.17) is 4.74 Å². The first-order valence-corrected chi connectivity index (χ1v) is 13.3. The van der Waals surface area contributed by atoms with Crippen molar-refractivity contribution in [3.8, 4) is 0 Å². The van der Waals surface area contributed by atoms with Crippen molar-refractivity contribution in [2.24, 2.45) is 0 Å². The summed E-state index contributed by atoms with van der Waals surface area (Å²) in [7, 11) is 13.7. The van der Waals surface area contributed by atoms with E-state index in [0.717, 1.165) is 8.97 Å². The van der Waals surface area contributed by atoms with Crippen LogP contribution in [0.1, 0.15) is 117 Å². The Kier molecular flexibility index (Phi) is 24.1. The van der Waals surface area contributed by atoms with Crippen molar-refractivity contribution in [3.63, 3.8) is 0 Å². The van der Waals surface area contributed by atoms with Crippen LogP contribution in [0.2, 0.25) is 0 Å². The van der Waals surface area contributed by atoms with Gasteiger partial charge in [0.25, 0.3) is 0 Å². The van der Waals surface area contributed by atoms with Crippen molar-refractivity contribution in [2.45, 2.75) is 135 Å². The molecule has 5 heteroatoms. The van der Waals surface area contributed by atoms with Crippen LogP contribution in [0, 0.1) is 0 Å². The second-order valence-corrected chi connectivity index (χ2v) is 11.7. The predicted molar refractivity (Wildman–Crippen MR) is 135 cm³/mol. The maximum atomic E-state index is 6.45. The lowest BCUT2D eigenvalue weighted by molar-refractivity contribution is -1.09. The zero-order valence-electron chi connectivity index (χ0n) is 23.4. The van der Waals surface area contributed by atoms with Crippen molar-refractivity contribution in [1.82, 2.24) is 0 Å². The Bertz CT molecular complexity index is 380. The van der Waals surface area contributed by atoms with Gasteiger partial charge in [0.1, 0.15) is 0 Å². The first-order chi connectivity index (χ1) is 14.0. The third-order valence-electron chi connectivity index (χ3n) is 6.42. The van der Waals surface area contributed by atoms with Gasteiger partial charge in [0.2, 0.25) is 6.17 Å². The number of rotatable bonds is 20. The molecule has 0 aliphatic heterocycles. The fourth-order valence-corrected chi connectivity index (χ4v) is 5.43. The Morgan fingerprint density at radius 1 is 0.531 bits per heavy atom. The van der Waals surface area contributed by atoms with E-state index in [-0.39, 0.29) is 30.9 Å². The zero-order valence-corrected chi connectivity index (χ0v) is 24.9. The molecule has 0 aromatic heterocycles. The zero-order chi connectivity index (χ0) is 23.0. The molecule has 32 heavy (non-hydrogen) atoms. The second kappa shape index (κ2) is 20.8. The van der Waals surface area contributed by atoms with Gasteiger partial charge in [-0.25, -0.2) is 0 Å². The van der Waals surface area contributed by atoms with Gasteiger partial charge in [0.15, 0.2) is 6.10 Å². The van der Waals surface area contributed by atoms with Crippen LogP contribution >= 0.6 is 0 Å². The number of hydrogen-bond donors (Lipinski definition) is 0. The molecule has 0 aliphatic rings. The predicted octanol–water partition coefficient (Wildman–Crippen LogP) is 1.40. The minimum Gasteiger partial charge on any atom is -1.00 e. The van der Waals surface area contributed by atoms with E-state index in [2.05, 4.69) is 63.1 Å². The summed E-state index contributed by atoms with van der Waals surface area (Å²) in [4.78, 5) is 0. The molecule has 2 atom stereocenters. The van der Waals surface area contributed by atoms with Crippen molar-refractivity contribution < 1.29 is 38.5 Å². The maximum absolute atomic E-state index is 6.45. The van der Waals surface area contributed by atoms with Crippen LogP contribution in [0.4, 0.5) is 0 Å². The van der Waals surface area contributed by atoms with E-state index in [1.165, 1.54) is 96.3 Å². The first kappa shape index (κ1) is 37.0. The van der Waals surface area contributed by atoms with Crippen LogP contribution in [0.15, 0.2) is 0 Å². The SMILES string of the molecule is CCCCCCCCCCCCCCCCC(C)OC(C)C([N+](C)(C)C)[N+](C)(C)C.[Cl-].[Cl-]. The highest BCUT2D eigenvalue weighted by molar-refractivity contribution is 4.61. The Morgan fingerprint density at radius 2 is 0.844 bits per heavy atom. The summed E-state index contributed by atoms with van der Waals surface area (Å²) in [5, 5.41) is 0. The highest BCUT2D eigenvalue weighted by atomic mass is 35.5. The van der Waals surface area contributed by atoms with Crippen LogP contribution in [0.3, 0.4) is 0 Å². The molecule has 0 spiro atoms. The summed E-state index contributed by atoms with van der Waals surface area (Å²) in [6, 6.07) is 0. The number of unbranched alkanes of at least 4 members (excludes halogenated alkanes) is 13. The highest BCUT2D eigenvalue weighted by Gasteiger charge is 2.42. The van der Waals surface area contributed by atoms with Gasteiger partial charge in [-0.15, -0.1) is 0 Å². The normalized spacial score (nSPS) is 14.1. The summed E-state index contributed by atoms with van der Waals surface area (Å²) < 4.78 is 8.30. The van der Waals surface area contributed by atoms with Crippen molar-refractivity contribution >= 4 is 0 Å². The van der Waals surface area contributed by atoms with Gasteiger partial charge in [0.05, 0.1) is 48.4 Å². The number of quaternary nitrogens is 2. The van der Waals surface area contributed by atoms with Gasteiger partial charge in [-0.3, -0.25) is 8.97 Å². The standard InChI is InChI=1S/C27H60N2O.2ClH/c1-10-11-12-13-14-15-16-17-18-19-20-21-22-23-24-25(2)30-26(3)27(28(4,5)6)29(7,8)9;;/h25-27H,10-24H2,1-9H3;2*1H/q+2;;/p-2. The fourth-order valence-electron chi connectivity index (χ4n) is 5.43. The topological polar surface area (TPSA) is 9.23 Å². The number of hydrogen-bond acceptors (Lipinski definition) is 1. The molecule has 0 saturated heterocycles. The van der Waals surface area contributed by atoms with E-state index in [9.17, 15) is 0 Å².